The lowest BCUT2D eigenvalue weighted by molar-refractivity contribution is -0.115. The molecule has 1 aliphatic rings. The molecule has 3 rings (SSSR count). The van der Waals surface area contributed by atoms with E-state index < -0.39 is 11.8 Å². The molecule has 0 aromatic heterocycles. The van der Waals surface area contributed by atoms with E-state index in [9.17, 15) is 18.8 Å². The maximum Gasteiger partial charge on any atom is 0.261 e. The van der Waals surface area contributed by atoms with E-state index in [-0.39, 0.29) is 35.0 Å². The van der Waals surface area contributed by atoms with Crippen molar-refractivity contribution in [3.05, 3.63) is 65.0 Å². The van der Waals surface area contributed by atoms with Crippen LogP contribution in [0.15, 0.2) is 42.5 Å². The van der Waals surface area contributed by atoms with Gasteiger partial charge in [0.25, 0.3) is 11.8 Å². The first-order valence-corrected chi connectivity index (χ1v) is 6.57. The highest BCUT2D eigenvalue weighted by atomic mass is 19.1. The van der Waals surface area contributed by atoms with Crippen LogP contribution in [0, 0.1) is 5.82 Å². The van der Waals surface area contributed by atoms with Gasteiger partial charge in [0.1, 0.15) is 5.82 Å². The van der Waals surface area contributed by atoms with Crippen LogP contribution in [-0.4, -0.2) is 17.7 Å². The van der Waals surface area contributed by atoms with Crippen LogP contribution in [-0.2, 0) is 11.2 Å². The maximum atomic E-state index is 12.8. The van der Waals surface area contributed by atoms with Crippen LogP contribution in [0.4, 0.5) is 10.1 Å². The molecule has 0 saturated heterocycles. The van der Waals surface area contributed by atoms with Crippen LogP contribution in [0.25, 0.3) is 0 Å². The number of fused-ring (bicyclic) bond motifs is 1. The van der Waals surface area contributed by atoms with Gasteiger partial charge in [0, 0.05) is 0 Å². The van der Waals surface area contributed by atoms with Gasteiger partial charge in [-0.3, -0.25) is 19.7 Å². The van der Waals surface area contributed by atoms with E-state index in [0.717, 1.165) is 0 Å². The van der Waals surface area contributed by atoms with Crippen molar-refractivity contribution < 1.29 is 18.8 Å². The Bertz CT molecular complexity index is 784. The van der Waals surface area contributed by atoms with Crippen molar-refractivity contribution in [3.8, 4) is 0 Å². The summed E-state index contributed by atoms with van der Waals surface area (Å²) in [5.74, 6) is -1.74. The third-order valence-corrected chi connectivity index (χ3v) is 3.32. The summed E-state index contributed by atoms with van der Waals surface area (Å²) in [6, 6.07) is 10.2. The summed E-state index contributed by atoms with van der Waals surface area (Å²) < 4.78 is 12.8. The standard InChI is InChI=1S/C16H11FN2O3/c17-10-6-4-9(5-7-10)8-13(20)18-12-3-1-2-11-14(12)16(22)19-15(11)21/h1-7H,8H2,(H,18,20)(H,19,21,22). The van der Waals surface area contributed by atoms with Gasteiger partial charge < -0.3 is 5.32 Å². The molecule has 0 saturated carbocycles. The smallest absolute Gasteiger partial charge is 0.261 e. The molecular weight excluding hydrogens is 287 g/mol. The quantitative estimate of drug-likeness (QED) is 0.850. The number of amides is 3. The van der Waals surface area contributed by atoms with E-state index in [4.69, 9.17) is 0 Å². The second kappa shape index (κ2) is 5.40. The van der Waals surface area contributed by atoms with Crippen LogP contribution in [0.3, 0.4) is 0 Å². The number of hydrogen-bond acceptors (Lipinski definition) is 3. The first-order chi connectivity index (χ1) is 10.5. The summed E-state index contributed by atoms with van der Waals surface area (Å²) in [4.78, 5) is 35.3. The highest BCUT2D eigenvalue weighted by Gasteiger charge is 2.29. The van der Waals surface area contributed by atoms with E-state index in [1.54, 1.807) is 12.1 Å². The van der Waals surface area contributed by atoms with Crippen LogP contribution in [0.1, 0.15) is 26.3 Å². The van der Waals surface area contributed by atoms with Crippen LogP contribution < -0.4 is 10.6 Å². The highest BCUT2D eigenvalue weighted by molar-refractivity contribution is 6.24. The van der Waals surface area contributed by atoms with Gasteiger partial charge in [-0.1, -0.05) is 18.2 Å². The summed E-state index contributed by atoms with van der Waals surface area (Å²) in [6.07, 6.45) is 0.0412. The van der Waals surface area contributed by atoms with Crippen molar-refractivity contribution in [2.24, 2.45) is 0 Å². The van der Waals surface area contributed by atoms with Gasteiger partial charge >= 0.3 is 0 Å². The highest BCUT2D eigenvalue weighted by Crippen LogP contribution is 2.24. The molecule has 0 spiro atoms. The van der Waals surface area contributed by atoms with Gasteiger partial charge in [-0.25, -0.2) is 4.39 Å². The zero-order valence-electron chi connectivity index (χ0n) is 11.4. The topological polar surface area (TPSA) is 75.3 Å². The number of halogens is 1. The molecule has 0 atom stereocenters. The lowest BCUT2D eigenvalue weighted by atomic mass is 10.1. The molecule has 0 radical (unpaired) electrons. The second-order valence-electron chi connectivity index (χ2n) is 4.86. The van der Waals surface area contributed by atoms with Gasteiger partial charge in [-0.2, -0.15) is 0 Å². The number of hydrogen-bond donors (Lipinski definition) is 2. The average molecular weight is 298 g/mol. The minimum atomic E-state index is -0.530. The lowest BCUT2D eigenvalue weighted by Gasteiger charge is -2.08. The first-order valence-electron chi connectivity index (χ1n) is 6.57. The van der Waals surface area contributed by atoms with E-state index in [1.807, 2.05) is 0 Å². The number of imide groups is 1. The summed E-state index contributed by atoms with van der Waals surface area (Å²) in [5, 5.41) is 4.79. The second-order valence-corrected chi connectivity index (χ2v) is 4.86. The fourth-order valence-corrected chi connectivity index (χ4v) is 2.31. The number of nitrogens with one attached hydrogen (secondary N) is 2. The number of carbonyl (C=O) groups is 3. The van der Waals surface area contributed by atoms with Gasteiger partial charge in [0.2, 0.25) is 5.91 Å². The molecule has 110 valence electrons. The number of anilines is 1. The minimum Gasteiger partial charge on any atom is -0.325 e. The van der Waals surface area contributed by atoms with Crippen LogP contribution >= 0.6 is 0 Å². The molecule has 22 heavy (non-hydrogen) atoms. The van der Waals surface area contributed by atoms with E-state index >= 15 is 0 Å². The zero-order valence-corrected chi connectivity index (χ0v) is 11.4. The summed E-state index contributed by atoms with van der Waals surface area (Å²) in [7, 11) is 0. The molecule has 2 N–H and O–H groups in total. The fourth-order valence-electron chi connectivity index (χ4n) is 2.31. The van der Waals surface area contributed by atoms with Gasteiger partial charge in [0.05, 0.1) is 23.2 Å². The van der Waals surface area contributed by atoms with Crippen molar-refractivity contribution in [1.82, 2.24) is 5.32 Å². The lowest BCUT2D eigenvalue weighted by Crippen LogP contribution is -2.21. The molecule has 6 heteroatoms. The van der Waals surface area contributed by atoms with Crippen molar-refractivity contribution >= 4 is 23.4 Å². The Kier molecular flexibility index (Phi) is 3.42. The van der Waals surface area contributed by atoms with E-state index in [2.05, 4.69) is 10.6 Å². The van der Waals surface area contributed by atoms with Gasteiger partial charge in [0.15, 0.2) is 0 Å². The Morgan fingerprint density at radius 3 is 2.50 bits per heavy atom. The third-order valence-electron chi connectivity index (χ3n) is 3.32. The number of benzene rings is 2. The summed E-state index contributed by atoms with van der Waals surface area (Å²) in [6.45, 7) is 0. The van der Waals surface area contributed by atoms with Crippen molar-refractivity contribution in [1.29, 1.82) is 0 Å². The molecule has 0 unspecified atom stereocenters. The largest absolute Gasteiger partial charge is 0.325 e. The van der Waals surface area contributed by atoms with Crippen LogP contribution in [0.5, 0.6) is 0 Å². The van der Waals surface area contributed by atoms with Crippen molar-refractivity contribution in [2.45, 2.75) is 6.42 Å². The Balaban J connectivity index is 1.79. The molecule has 0 bridgehead atoms. The van der Waals surface area contributed by atoms with Crippen LogP contribution in [0.2, 0.25) is 0 Å². The van der Waals surface area contributed by atoms with Gasteiger partial charge in [-0.15, -0.1) is 0 Å². The molecule has 0 fully saturated rings. The van der Waals surface area contributed by atoms with Gasteiger partial charge in [-0.05, 0) is 29.8 Å². The molecule has 1 heterocycles. The molecule has 2 aromatic carbocycles. The number of carbonyl (C=O) groups excluding carboxylic acids is 3. The molecular formula is C16H11FN2O3. The minimum absolute atomic E-state index is 0.0412. The maximum absolute atomic E-state index is 12.8. The monoisotopic (exact) mass is 298 g/mol. The summed E-state index contributed by atoms with van der Waals surface area (Å²) >= 11 is 0. The molecule has 1 aliphatic heterocycles. The van der Waals surface area contributed by atoms with Crippen molar-refractivity contribution in [3.63, 3.8) is 0 Å². The predicted molar refractivity (Wildman–Crippen MR) is 77.0 cm³/mol. The van der Waals surface area contributed by atoms with Crippen molar-refractivity contribution in [2.75, 3.05) is 5.32 Å². The Morgan fingerprint density at radius 1 is 1.05 bits per heavy atom. The molecule has 2 aromatic rings. The Morgan fingerprint density at radius 2 is 1.77 bits per heavy atom. The molecule has 0 aliphatic carbocycles. The predicted octanol–water partition coefficient (Wildman–Crippen LogP) is 1.89. The summed E-state index contributed by atoms with van der Waals surface area (Å²) in [5.41, 5.74) is 1.34. The van der Waals surface area contributed by atoms with E-state index in [1.165, 1.54) is 30.3 Å². The average Bonchev–Trinajstić information content (AvgIpc) is 2.77. The zero-order chi connectivity index (χ0) is 15.7. The Labute approximate surface area is 125 Å². The molecule has 5 nitrogen and oxygen atoms in total. The number of rotatable bonds is 3. The Hall–Kier alpha value is -3.02. The van der Waals surface area contributed by atoms with E-state index in [0.29, 0.717) is 5.56 Å². The third kappa shape index (κ3) is 2.58. The SMILES string of the molecule is O=C(Cc1ccc(F)cc1)Nc1cccc2c1C(=O)NC2=O. The first kappa shape index (κ1) is 13.9. The molecule has 3 amide bonds. The fraction of sp³-hybridized carbons (Fsp3) is 0.0625. The normalized spacial score (nSPS) is 12.8.